The summed E-state index contributed by atoms with van der Waals surface area (Å²) in [6, 6.07) is 1.38. The highest BCUT2D eigenvalue weighted by atomic mass is 35.5. The smallest absolute Gasteiger partial charge is 0.273 e. The summed E-state index contributed by atoms with van der Waals surface area (Å²) in [5, 5.41) is 16.8. The largest absolute Gasteiger partial charge is 0.509 e. The van der Waals surface area contributed by atoms with Gasteiger partial charge in [0.05, 0.1) is 24.2 Å². The number of hydrazone groups is 1. The van der Waals surface area contributed by atoms with Crippen LogP contribution in [0.1, 0.15) is 38.7 Å². The number of likely N-dealkylation sites (N-methyl/N-ethyl adjacent to an activating group) is 1. The second-order valence-corrected chi connectivity index (χ2v) is 10.6. The van der Waals surface area contributed by atoms with Gasteiger partial charge < -0.3 is 24.5 Å². The number of hydrogen-bond donors (Lipinski definition) is 1. The Labute approximate surface area is 225 Å². The van der Waals surface area contributed by atoms with Gasteiger partial charge in [0.15, 0.2) is 0 Å². The van der Waals surface area contributed by atoms with Crippen LogP contribution >= 0.6 is 11.6 Å². The fourth-order valence-electron chi connectivity index (χ4n) is 5.67. The van der Waals surface area contributed by atoms with Crippen molar-refractivity contribution < 1.29 is 28.6 Å². The molecule has 4 aliphatic rings. The van der Waals surface area contributed by atoms with Gasteiger partial charge in [-0.1, -0.05) is 11.6 Å². The van der Waals surface area contributed by atoms with E-state index in [-0.39, 0.29) is 52.3 Å². The quantitative estimate of drug-likeness (QED) is 0.579. The standard InChI is InChI=1S/C26H31ClFN5O5/c1-4-31-12-14(2)33-21-19(23(34)22(33)26(31)37)24(35)32-13-15-10-16(27)17(28)11-18(15)38-9-7-5-6-8-30(3)25(36)20(21)29-32/h10-11,14,19,21,34H,4-9,12-13H2,1-3H3/t14-,19?,21?/m0/s1. The maximum Gasteiger partial charge on any atom is 0.273 e. The molecular weight excluding hydrogens is 517 g/mol. The molecule has 4 heterocycles. The number of ether oxygens (including phenoxy) is 1. The molecule has 0 spiro atoms. The monoisotopic (exact) mass is 547 g/mol. The second kappa shape index (κ2) is 10.1. The van der Waals surface area contributed by atoms with Gasteiger partial charge in [0.25, 0.3) is 17.7 Å². The van der Waals surface area contributed by atoms with Crippen molar-refractivity contribution in [1.82, 2.24) is 19.7 Å². The van der Waals surface area contributed by atoms with Crippen molar-refractivity contribution in [1.29, 1.82) is 0 Å². The zero-order valence-electron chi connectivity index (χ0n) is 21.6. The van der Waals surface area contributed by atoms with E-state index < -0.39 is 23.7 Å². The molecule has 1 fully saturated rings. The number of hydrogen-bond acceptors (Lipinski definition) is 7. The van der Waals surface area contributed by atoms with Crippen LogP contribution in [0.5, 0.6) is 5.75 Å². The highest BCUT2D eigenvalue weighted by Gasteiger charge is 2.58. The first kappa shape index (κ1) is 26.3. The Bertz CT molecular complexity index is 1250. The van der Waals surface area contributed by atoms with E-state index >= 15 is 0 Å². The number of carbonyl (C=O) groups excluding carboxylic acids is 3. The topological polar surface area (TPSA) is 106 Å². The molecule has 1 aromatic carbocycles. The highest BCUT2D eigenvalue weighted by molar-refractivity contribution is 6.42. The molecular formula is C26H31ClFN5O5. The zero-order chi connectivity index (χ0) is 27.3. The van der Waals surface area contributed by atoms with E-state index in [9.17, 15) is 23.9 Å². The fraction of sp³-hybridized carbons (Fsp3) is 0.538. The Morgan fingerprint density at radius 1 is 1.18 bits per heavy atom. The summed E-state index contributed by atoms with van der Waals surface area (Å²) in [4.78, 5) is 45.7. The van der Waals surface area contributed by atoms with Crippen LogP contribution in [0.25, 0.3) is 0 Å². The molecule has 0 radical (unpaired) electrons. The third kappa shape index (κ3) is 4.26. The molecule has 1 N–H and O–H groups in total. The lowest BCUT2D eigenvalue weighted by atomic mass is 9.91. The van der Waals surface area contributed by atoms with Crippen molar-refractivity contribution in [2.75, 3.05) is 33.3 Å². The van der Waals surface area contributed by atoms with Gasteiger partial charge in [-0.2, -0.15) is 5.10 Å². The van der Waals surface area contributed by atoms with Gasteiger partial charge in [0.2, 0.25) is 0 Å². The lowest BCUT2D eigenvalue weighted by Crippen LogP contribution is -2.61. The minimum atomic E-state index is -1.19. The summed E-state index contributed by atoms with van der Waals surface area (Å²) >= 11 is 6.06. The van der Waals surface area contributed by atoms with E-state index in [4.69, 9.17) is 16.3 Å². The van der Waals surface area contributed by atoms with Gasteiger partial charge in [-0.15, -0.1) is 0 Å². The number of fused-ring (bicyclic) bond motifs is 6. The molecule has 5 rings (SSSR count). The summed E-state index contributed by atoms with van der Waals surface area (Å²) in [7, 11) is 1.67. The van der Waals surface area contributed by atoms with Crippen LogP contribution < -0.4 is 4.74 Å². The van der Waals surface area contributed by atoms with Crippen LogP contribution in [0, 0.1) is 11.7 Å². The maximum absolute atomic E-state index is 14.3. The van der Waals surface area contributed by atoms with Crippen LogP contribution in [-0.2, 0) is 20.9 Å². The van der Waals surface area contributed by atoms with Crippen LogP contribution in [0.2, 0.25) is 5.02 Å². The summed E-state index contributed by atoms with van der Waals surface area (Å²) in [6.07, 6.45) is 2.18. The highest BCUT2D eigenvalue weighted by Crippen LogP contribution is 2.42. The minimum absolute atomic E-state index is 0.0331. The van der Waals surface area contributed by atoms with E-state index in [2.05, 4.69) is 5.10 Å². The number of halogens is 2. The molecule has 4 aliphatic heterocycles. The van der Waals surface area contributed by atoms with Crippen molar-refractivity contribution in [3.63, 3.8) is 0 Å². The number of nitrogens with zero attached hydrogens (tertiary/aromatic N) is 5. The molecule has 204 valence electrons. The van der Waals surface area contributed by atoms with E-state index in [1.54, 1.807) is 21.7 Å². The average molecular weight is 548 g/mol. The summed E-state index contributed by atoms with van der Waals surface area (Å²) in [5.41, 5.74) is 0.510. The summed E-state index contributed by atoms with van der Waals surface area (Å²) < 4.78 is 20.1. The first-order valence-corrected chi connectivity index (χ1v) is 13.3. The Hall–Kier alpha value is -3.34. The number of amides is 3. The van der Waals surface area contributed by atoms with Crippen molar-refractivity contribution in [2.45, 2.75) is 51.7 Å². The Morgan fingerprint density at radius 3 is 2.68 bits per heavy atom. The number of aliphatic hydroxyl groups excluding tert-OH is 1. The molecule has 10 nitrogen and oxygen atoms in total. The molecule has 2 unspecified atom stereocenters. The van der Waals surface area contributed by atoms with Crippen molar-refractivity contribution >= 4 is 35.0 Å². The van der Waals surface area contributed by atoms with Crippen LogP contribution in [0.3, 0.4) is 0 Å². The maximum atomic E-state index is 14.3. The molecule has 3 atom stereocenters. The van der Waals surface area contributed by atoms with Crippen LogP contribution in [-0.4, -0.2) is 93.6 Å². The molecule has 2 bridgehead atoms. The van der Waals surface area contributed by atoms with Gasteiger partial charge in [0.1, 0.15) is 34.7 Å². The Balaban J connectivity index is 1.63. The second-order valence-electron chi connectivity index (χ2n) is 10.1. The lowest BCUT2D eigenvalue weighted by molar-refractivity contribution is -0.139. The van der Waals surface area contributed by atoms with Gasteiger partial charge >= 0.3 is 0 Å². The summed E-state index contributed by atoms with van der Waals surface area (Å²) in [5.74, 6) is -3.31. The van der Waals surface area contributed by atoms with Crippen molar-refractivity contribution in [2.24, 2.45) is 11.0 Å². The van der Waals surface area contributed by atoms with Crippen LogP contribution in [0.4, 0.5) is 4.39 Å². The normalized spacial score (nSPS) is 26.5. The third-order valence-corrected chi connectivity index (χ3v) is 7.95. The zero-order valence-corrected chi connectivity index (χ0v) is 22.4. The SMILES string of the molecule is CCN1C[C@H](C)N2C(=C(O)C3C(=O)N4Cc5cc(Cl)c(F)cc5OCCCCCN(C)C(=O)C(=N4)C32)C1=O. The van der Waals surface area contributed by atoms with Crippen LogP contribution in [0.15, 0.2) is 28.7 Å². The predicted molar refractivity (Wildman–Crippen MR) is 137 cm³/mol. The van der Waals surface area contributed by atoms with Crippen molar-refractivity contribution in [3.8, 4) is 5.75 Å². The number of rotatable bonds is 1. The first-order valence-electron chi connectivity index (χ1n) is 12.9. The Kier molecular flexibility index (Phi) is 6.97. The fourth-order valence-corrected chi connectivity index (χ4v) is 5.86. The minimum Gasteiger partial charge on any atom is -0.509 e. The molecule has 12 heteroatoms. The molecule has 38 heavy (non-hydrogen) atoms. The number of carbonyl (C=O) groups is 3. The molecule has 1 saturated heterocycles. The van der Waals surface area contributed by atoms with E-state index in [1.807, 2.05) is 13.8 Å². The Morgan fingerprint density at radius 2 is 1.95 bits per heavy atom. The van der Waals surface area contributed by atoms with Gasteiger partial charge in [-0.25, -0.2) is 9.40 Å². The average Bonchev–Trinajstić information content (AvgIpc) is 3.20. The van der Waals surface area contributed by atoms with Gasteiger partial charge in [0, 0.05) is 44.4 Å². The third-order valence-electron chi connectivity index (χ3n) is 7.66. The van der Waals surface area contributed by atoms with E-state index in [1.165, 1.54) is 12.1 Å². The number of aliphatic hydroxyl groups is 1. The first-order chi connectivity index (χ1) is 18.1. The summed E-state index contributed by atoms with van der Waals surface area (Å²) in [6.45, 7) is 5.19. The molecule has 0 aromatic heterocycles. The molecule has 1 aromatic rings. The van der Waals surface area contributed by atoms with E-state index in [0.717, 1.165) is 11.4 Å². The van der Waals surface area contributed by atoms with Crippen molar-refractivity contribution in [3.05, 3.63) is 40.0 Å². The predicted octanol–water partition coefficient (Wildman–Crippen LogP) is 2.52. The molecule has 3 amide bonds. The van der Waals surface area contributed by atoms with E-state index in [0.29, 0.717) is 44.6 Å². The lowest BCUT2D eigenvalue weighted by Gasteiger charge is -2.44. The number of benzene rings is 1. The molecule has 0 aliphatic carbocycles. The van der Waals surface area contributed by atoms with Gasteiger partial charge in [-0.3, -0.25) is 14.4 Å². The number of piperazine rings is 1. The van der Waals surface area contributed by atoms with Gasteiger partial charge in [-0.05, 0) is 39.2 Å². The molecule has 0 saturated carbocycles.